The smallest absolute Gasteiger partial charge is 0.243 e. The molecule has 36 heavy (non-hydrogen) atoms. The zero-order chi connectivity index (χ0) is 25.5. The molecule has 0 aliphatic carbocycles. The minimum Gasteiger partial charge on any atom is -0.497 e. The summed E-state index contributed by atoms with van der Waals surface area (Å²) in [6.45, 7) is 4.06. The lowest BCUT2D eigenvalue weighted by Crippen LogP contribution is -2.60. The number of methoxy groups -OCH3 is 2. The van der Waals surface area contributed by atoms with E-state index in [9.17, 15) is 14.4 Å². The van der Waals surface area contributed by atoms with Crippen molar-refractivity contribution in [3.63, 3.8) is 0 Å². The number of anilines is 2. The van der Waals surface area contributed by atoms with Gasteiger partial charge in [0.1, 0.15) is 17.5 Å². The zero-order valence-electron chi connectivity index (χ0n) is 20.7. The summed E-state index contributed by atoms with van der Waals surface area (Å²) in [5, 5.41) is 5.57. The highest BCUT2D eigenvalue weighted by Gasteiger charge is 2.35. The summed E-state index contributed by atoms with van der Waals surface area (Å²) >= 11 is 0. The molecule has 0 radical (unpaired) electrons. The second-order valence-corrected chi connectivity index (χ2v) is 8.84. The summed E-state index contributed by atoms with van der Waals surface area (Å²) in [6, 6.07) is 14.1. The summed E-state index contributed by atoms with van der Waals surface area (Å²) in [5.74, 6) is 0.740. The first-order chi connectivity index (χ1) is 17.5. The third-order valence-corrected chi connectivity index (χ3v) is 6.57. The maximum atomic E-state index is 13.2. The van der Waals surface area contributed by atoms with E-state index in [0.717, 1.165) is 37.6 Å². The predicted octanol–water partition coefficient (Wildman–Crippen LogP) is 1.18. The van der Waals surface area contributed by atoms with Gasteiger partial charge in [0.2, 0.25) is 17.7 Å². The van der Waals surface area contributed by atoms with Gasteiger partial charge in [-0.15, -0.1) is 0 Å². The van der Waals surface area contributed by atoms with Crippen molar-refractivity contribution in [1.82, 2.24) is 15.1 Å². The monoisotopic (exact) mass is 495 g/mol. The van der Waals surface area contributed by atoms with Gasteiger partial charge in [0, 0.05) is 50.6 Å². The van der Waals surface area contributed by atoms with Crippen LogP contribution < -0.4 is 25.0 Å². The summed E-state index contributed by atoms with van der Waals surface area (Å²) in [5.41, 5.74) is 1.72. The van der Waals surface area contributed by atoms with Crippen LogP contribution in [0.5, 0.6) is 11.5 Å². The SMILES string of the molecule is COc1ccc(NC(=O)C[C@@H]2C(=O)NCCN2C(=O)CN2CCN(c3ccc(OC)cc3)CC2)cc1. The van der Waals surface area contributed by atoms with Gasteiger partial charge in [0.25, 0.3) is 0 Å². The van der Waals surface area contributed by atoms with Crippen LogP contribution in [0.4, 0.5) is 11.4 Å². The van der Waals surface area contributed by atoms with Crippen LogP contribution in [0.25, 0.3) is 0 Å². The minimum atomic E-state index is -0.829. The Morgan fingerprint density at radius 3 is 2.14 bits per heavy atom. The molecule has 2 heterocycles. The third kappa shape index (κ3) is 6.25. The van der Waals surface area contributed by atoms with Crippen molar-refractivity contribution in [2.24, 2.45) is 0 Å². The molecule has 2 aromatic carbocycles. The summed E-state index contributed by atoms with van der Waals surface area (Å²) in [7, 11) is 3.22. The normalized spacial score (nSPS) is 18.4. The number of amides is 3. The lowest BCUT2D eigenvalue weighted by molar-refractivity contribution is -0.145. The van der Waals surface area contributed by atoms with Crippen molar-refractivity contribution in [3.8, 4) is 11.5 Å². The standard InChI is InChI=1S/C26H33N5O5/c1-35-21-7-3-19(4-8-21)28-24(32)17-23-26(34)27-11-12-31(23)25(33)18-29-13-15-30(16-14-29)20-5-9-22(36-2)10-6-20/h3-10,23H,11-18H2,1-2H3,(H,27,34)(H,28,32)/t23-/m1/s1. The van der Waals surface area contributed by atoms with E-state index in [4.69, 9.17) is 9.47 Å². The number of ether oxygens (including phenoxy) is 2. The van der Waals surface area contributed by atoms with Crippen LogP contribution in [-0.2, 0) is 14.4 Å². The fourth-order valence-corrected chi connectivity index (χ4v) is 4.52. The van der Waals surface area contributed by atoms with Gasteiger partial charge in [-0.1, -0.05) is 0 Å². The van der Waals surface area contributed by atoms with Crippen LogP contribution in [0.3, 0.4) is 0 Å². The number of nitrogens with zero attached hydrogens (tertiary/aromatic N) is 3. The van der Waals surface area contributed by atoms with Gasteiger partial charge in [0.05, 0.1) is 27.2 Å². The number of hydrogen-bond acceptors (Lipinski definition) is 7. The van der Waals surface area contributed by atoms with E-state index in [0.29, 0.717) is 24.5 Å². The molecule has 2 fully saturated rings. The average molecular weight is 496 g/mol. The molecule has 2 N–H and O–H groups in total. The topological polar surface area (TPSA) is 103 Å². The van der Waals surface area contributed by atoms with Crippen LogP contribution in [0.15, 0.2) is 48.5 Å². The van der Waals surface area contributed by atoms with E-state index in [2.05, 4.69) is 20.4 Å². The van der Waals surface area contributed by atoms with Gasteiger partial charge in [-0.05, 0) is 48.5 Å². The molecule has 10 heteroatoms. The highest BCUT2D eigenvalue weighted by atomic mass is 16.5. The molecule has 0 unspecified atom stereocenters. The second kappa shape index (κ2) is 11.8. The summed E-state index contributed by atoms with van der Waals surface area (Å²) < 4.78 is 10.4. The molecule has 0 saturated carbocycles. The molecule has 2 aromatic rings. The first-order valence-electron chi connectivity index (χ1n) is 12.1. The number of benzene rings is 2. The summed E-state index contributed by atoms with van der Waals surface area (Å²) in [6.07, 6.45) is -0.102. The van der Waals surface area contributed by atoms with E-state index in [1.165, 1.54) is 0 Å². The third-order valence-electron chi connectivity index (χ3n) is 6.57. The Hall–Kier alpha value is -3.79. The Balaban J connectivity index is 1.30. The Bertz CT molecular complexity index is 1050. The average Bonchev–Trinajstić information content (AvgIpc) is 2.90. The van der Waals surface area contributed by atoms with E-state index < -0.39 is 6.04 Å². The largest absolute Gasteiger partial charge is 0.497 e. The lowest BCUT2D eigenvalue weighted by Gasteiger charge is -2.39. The maximum Gasteiger partial charge on any atom is 0.243 e. The number of carbonyl (C=O) groups excluding carboxylic acids is 3. The van der Waals surface area contributed by atoms with Crippen molar-refractivity contribution in [3.05, 3.63) is 48.5 Å². The molecule has 4 rings (SSSR count). The molecule has 192 valence electrons. The fourth-order valence-electron chi connectivity index (χ4n) is 4.52. The first-order valence-corrected chi connectivity index (χ1v) is 12.1. The van der Waals surface area contributed by atoms with Crippen LogP contribution in [-0.4, -0.2) is 93.6 Å². The molecule has 10 nitrogen and oxygen atoms in total. The van der Waals surface area contributed by atoms with Crippen molar-refractivity contribution >= 4 is 29.1 Å². The summed E-state index contributed by atoms with van der Waals surface area (Å²) in [4.78, 5) is 44.4. The minimum absolute atomic E-state index is 0.102. The molecule has 0 aromatic heterocycles. The molecular formula is C26H33N5O5. The molecule has 2 aliphatic heterocycles. The fraction of sp³-hybridized carbons (Fsp3) is 0.423. The van der Waals surface area contributed by atoms with Crippen LogP contribution in [0, 0.1) is 0 Å². The van der Waals surface area contributed by atoms with E-state index in [-0.39, 0.29) is 30.7 Å². The van der Waals surface area contributed by atoms with Crippen LogP contribution in [0.1, 0.15) is 6.42 Å². The molecular weight excluding hydrogens is 462 g/mol. The number of piperazine rings is 2. The molecule has 0 bridgehead atoms. The van der Waals surface area contributed by atoms with E-state index in [1.54, 1.807) is 43.4 Å². The Morgan fingerprint density at radius 1 is 0.917 bits per heavy atom. The van der Waals surface area contributed by atoms with Gasteiger partial charge in [-0.25, -0.2) is 0 Å². The van der Waals surface area contributed by atoms with E-state index in [1.807, 2.05) is 24.3 Å². The Morgan fingerprint density at radius 2 is 1.53 bits per heavy atom. The van der Waals surface area contributed by atoms with Gasteiger partial charge in [0.15, 0.2) is 0 Å². The molecule has 2 saturated heterocycles. The predicted molar refractivity (Wildman–Crippen MR) is 136 cm³/mol. The number of nitrogens with one attached hydrogen (secondary N) is 2. The van der Waals surface area contributed by atoms with Gasteiger partial charge in [-0.2, -0.15) is 0 Å². The first kappa shape index (κ1) is 25.3. The second-order valence-electron chi connectivity index (χ2n) is 8.84. The maximum absolute atomic E-state index is 13.2. The number of hydrogen-bond donors (Lipinski definition) is 2. The number of rotatable bonds is 8. The van der Waals surface area contributed by atoms with Gasteiger partial charge in [-0.3, -0.25) is 19.3 Å². The molecule has 3 amide bonds. The number of carbonyl (C=O) groups is 3. The Kier molecular flexibility index (Phi) is 8.27. The van der Waals surface area contributed by atoms with Crippen molar-refractivity contribution < 1.29 is 23.9 Å². The lowest BCUT2D eigenvalue weighted by atomic mass is 10.1. The zero-order valence-corrected chi connectivity index (χ0v) is 20.7. The van der Waals surface area contributed by atoms with Crippen LogP contribution in [0.2, 0.25) is 0 Å². The quantitative estimate of drug-likeness (QED) is 0.567. The van der Waals surface area contributed by atoms with E-state index >= 15 is 0 Å². The molecule has 0 spiro atoms. The highest BCUT2D eigenvalue weighted by Crippen LogP contribution is 2.21. The van der Waals surface area contributed by atoms with Crippen molar-refractivity contribution in [1.29, 1.82) is 0 Å². The van der Waals surface area contributed by atoms with Crippen molar-refractivity contribution in [2.75, 3.05) is 70.2 Å². The van der Waals surface area contributed by atoms with Gasteiger partial charge >= 0.3 is 0 Å². The highest BCUT2D eigenvalue weighted by molar-refractivity contribution is 5.97. The molecule has 1 atom stereocenters. The molecule has 2 aliphatic rings. The Labute approximate surface area is 211 Å². The van der Waals surface area contributed by atoms with Gasteiger partial charge < -0.3 is 29.9 Å². The van der Waals surface area contributed by atoms with Crippen LogP contribution >= 0.6 is 0 Å². The van der Waals surface area contributed by atoms with Crippen molar-refractivity contribution in [2.45, 2.75) is 12.5 Å².